The molecule has 27 heavy (non-hydrogen) atoms. The van der Waals surface area contributed by atoms with Crippen molar-refractivity contribution >= 4 is 17.8 Å². The molecule has 1 aliphatic rings. The molecule has 2 unspecified atom stereocenters. The number of amides is 2. The summed E-state index contributed by atoms with van der Waals surface area (Å²) in [5, 5.41) is 2.70. The fourth-order valence-corrected chi connectivity index (χ4v) is 2.81. The summed E-state index contributed by atoms with van der Waals surface area (Å²) in [7, 11) is 0. The van der Waals surface area contributed by atoms with Gasteiger partial charge in [0.05, 0.1) is 12.5 Å². The van der Waals surface area contributed by atoms with E-state index in [1.165, 1.54) is 4.90 Å². The number of carbonyl (C=O) groups is 3. The molecule has 2 atom stereocenters. The van der Waals surface area contributed by atoms with E-state index in [1.807, 2.05) is 32.0 Å². The number of carbonyl (C=O) groups excluding carboxylic acids is 3. The van der Waals surface area contributed by atoms with Crippen LogP contribution in [0.15, 0.2) is 24.3 Å². The summed E-state index contributed by atoms with van der Waals surface area (Å²) in [5.41, 5.74) is 1.11. The average Bonchev–Trinajstić information content (AvgIpc) is 2.67. The maximum atomic E-state index is 12.6. The molecular weight excluding hydrogens is 348 g/mol. The average molecular weight is 376 g/mol. The Balaban J connectivity index is 1.98. The van der Waals surface area contributed by atoms with Crippen LogP contribution < -0.4 is 10.1 Å². The number of benzene rings is 1. The van der Waals surface area contributed by atoms with E-state index in [1.54, 1.807) is 13.0 Å². The SMILES string of the molecule is CCc1cccc(OCC(=O)N2CCNC(=O)C2CC(=O)OC(C)CC)c1. The van der Waals surface area contributed by atoms with Crippen molar-refractivity contribution in [1.82, 2.24) is 10.2 Å². The normalized spacial score (nSPS) is 17.8. The first-order valence-electron chi connectivity index (χ1n) is 9.43. The number of hydrogen-bond acceptors (Lipinski definition) is 5. The second-order valence-electron chi connectivity index (χ2n) is 6.60. The van der Waals surface area contributed by atoms with Crippen LogP contribution in [-0.4, -0.2) is 54.5 Å². The minimum Gasteiger partial charge on any atom is -0.484 e. The Morgan fingerprint density at radius 3 is 2.81 bits per heavy atom. The largest absolute Gasteiger partial charge is 0.484 e. The summed E-state index contributed by atoms with van der Waals surface area (Å²) in [6, 6.07) is 6.67. The first-order chi connectivity index (χ1) is 12.9. The number of aryl methyl sites for hydroxylation is 1. The predicted molar refractivity (Wildman–Crippen MR) is 100 cm³/mol. The molecule has 2 rings (SSSR count). The minimum absolute atomic E-state index is 0.159. The molecule has 0 radical (unpaired) electrons. The molecule has 1 N–H and O–H groups in total. The highest BCUT2D eigenvalue weighted by Gasteiger charge is 2.35. The maximum Gasteiger partial charge on any atom is 0.308 e. The molecule has 0 saturated carbocycles. The second-order valence-corrected chi connectivity index (χ2v) is 6.60. The van der Waals surface area contributed by atoms with Crippen molar-refractivity contribution in [3.05, 3.63) is 29.8 Å². The summed E-state index contributed by atoms with van der Waals surface area (Å²) in [6.07, 6.45) is 1.18. The van der Waals surface area contributed by atoms with Crippen LogP contribution in [-0.2, 0) is 25.5 Å². The van der Waals surface area contributed by atoms with Crippen LogP contribution in [0, 0.1) is 0 Å². The zero-order chi connectivity index (χ0) is 19.8. The second kappa shape index (κ2) is 9.94. The van der Waals surface area contributed by atoms with Crippen LogP contribution in [0.5, 0.6) is 5.75 Å². The Morgan fingerprint density at radius 2 is 2.11 bits per heavy atom. The molecule has 0 aromatic heterocycles. The highest BCUT2D eigenvalue weighted by atomic mass is 16.5. The van der Waals surface area contributed by atoms with Gasteiger partial charge in [0.2, 0.25) is 5.91 Å². The van der Waals surface area contributed by atoms with Gasteiger partial charge in [0.25, 0.3) is 5.91 Å². The summed E-state index contributed by atoms with van der Waals surface area (Å²) in [4.78, 5) is 38.3. The van der Waals surface area contributed by atoms with E-state index in [4.69, 9.17) is 9.47 Å². The van der Waals surface area contributed by atoms with Crippen LogP contribution in [0.2, 0.25) is 0 Å². The highest BCUT2D eigenvalue weighted by molar-refractivity contribution is 5.92. The van der Waals surface area contributed by atoms with Crippen molar-refractivity contribution in [3.63, 3.8) is 0 Å². The maximum absolute atomic E-state index is 12.6. The lowest BCUT2D eigenvalue weighted by Gasteiger charge is -2.34. The number of nitrogens with zero attached hydrogens (tertiary/aromatic N) is 1. The van der Waals surface area contributed by atoms with Crippen molar-refractivity contribution in [2.24, 2.45) is 0 Å². The molecule has 1 aliphatic heterocycles. The van der Waals surface area contributed by atoms with Gasteiger partial charge in [-0.15, -0.1) is 0 Å². The molecule has 1 saturated heterocycles. The predicted octanol–water partition coefficient (Wildman–Crippen LogP) is 1.69. The van der Waals surface area contributed by atoms with Gasteiger partial charge < -0.3 is 19.7 Å². The van der Waals surface area contributed by atoms with Crippen LogP contribution in [0.3, 0.4) is 0 Å². The van der Waals surface area contributed by atoms with Gasteiger partial charge in [-0.3, -0.25) is 14.4 Å². The number of rotatable bonds is 8. The molecule has 148 valence electrons. The van der Waals surface area contributed by atoms with Crippen molar-refractivity contribution in [3.8, 4) is 5.75 Å². The van der Waals surface area contributed by atoms with E-state index in [2.05, 4.69) is 5.32 Å². The zero-order valence-corrected chi connectivity index (χ0v) is 16.2. The van der Waals surface area contributed by atoms with Crippen LogP contribution >= 0.6 is 0 Å². The van der Waals surface area contributed by atoms with Gasteiger partial charge in [-0.1, -0.05) is 26.0 Å². The quantitative estimate of drug-likeness (QED) is 0.698. The van der Waals surface area contributed by atoms with E-state index >= 15 is 0 Å². The third-order valence-electron chi connectivity index (χ3n) is 4.59. The molecular formula is C20H28N2O5. The fraction of sp³-hybridized carbons (Fsp3) is 0.550. The molecule has 1 fully saturated rings. The van der Waals surface area contributed by atoms with Gasteiger partial charge >= 0.3 is 5.97 Å². The fourth-order valence-electron chi connectivity index (χ4n) is 2.81. The molecule has 0 aliphatic carbocycles. The van der Waals surface area contributed by atoms with E-state index in [-0.39, 0.29) is 30.9 Å². The Morgan fingerprint density at radius 1 is 1.33 bits per heavy atom. The number of piperazine rings is 1. The van der Waals surface area contributed by atoms with Crippen molar-refractivity contribution in [2.45, 2.75) is 52.2 Å². The minimum atomic E-state index is -0.867. The Bertz CT molecular complexity index is 676. The smallest absolute Gasteiger partial charge is 0.308 e. The molecule has 0 spiro atoms. The van der Waals surface area contributed by atoms with Crippen molar-refractivity contribution in [2.75, 3.05) is 19.7 Å². The van der Waals surface area contributed by atoms with E-state index in [0.29, 0.717) is 25.3 Å². The van der Waals surface area contributed by atoms with Crippen LogP contribution in [0.4, 0.5) is 0 Å². The lowest BCUT2D eigenvalue weighted by atomic mass is 10.1. The molecule has 2 amide bonds. The first-order valence-corrected chi connectivity index (χ1v) is 9.43. The standard InChI is InChI=1S/C20H28N2O5/c1-4-14(3)27-19(24)12-17-20(25)21-9-10-22(17)18(23)13-26-16-8-6-7-15(5-2)11-16/h6-8,11,14,17H,4-5,9-10,12-13H2,1-3H3,(H,21,25). The van der Waals surface area contributed by atoms with Gasteiger partial charge in [0.1, 0.15) is 11.8 Å². The molecule has 1 aromatic carbocycles. The third kappa shape index (κ3) is 5.98. The molecule has 1 heterocycles. The number of esters is 1. The van der Waals surface area contributed by atoms with Gasteiger partial charge in [-0.25, -0.2) is 0 Å². The molecule has 0 bridgehead atoms. The molecule has 7 nitrogen and oxygen atoms in total. The van der Waals surface area contributed by atoms with Crippen LogP contribution in [0.1, 0.15) is 39.2 Å². The third-order valence-corrected chi connectivity index (χ3v) is 4.59. The lowest BCUT2D eigenvalue weighted by Crippen LogP contribution is -2.58. The molecule has 7 heteroatoms. The number of ether oxygens (including phenoxy) is 2. The Labute approximate surface area is 160 Å². The summed E-state index contributed by atoms with van der Waals surface area (Å²) in [6.45, 7) is 6.25. The Hall–Kier alpha value is -2.57. The highest BCUT2D eigenvalue weighted by Crippen LogP contribution is 2.16. The van der Waals surface area contributed by atoms with E-state index in [9.17, 15) is 14.4 Å². The van der Waals surface area contributed by atoms with Gasteiger partial charge in [0.15, 0.2) is 6.61 Å². The molecule has 1 aromatic rings. The zero-order valence-electron chi connectivity index (χ0n) is 16.2. The van der Waals surface area contributed by atoms with Gasteiger partial charge in [-0.2, -0.15) is 0 Å². The van der Waals surface area contributed by atoms with Gasteiger partial charge in [-0.05, 0) is 37.5 Å². The van der Waals surface area contributed by atoms with Crippen molar-refractivity contribution < 1.29 is 23.9 Å². The summed E-state index contributed by atoms with van der Waals surface area (Å²) < 4.78 is 10.8. The summed E-state index contributed by atoms with van der Waals surface area (Å²) in [5.74, 6) is -0.547. The first kappa shape index (κ1) is 20.7. The van der Waals surface area contributed by atoms with Crippen molar-refractivity contribution in [1.29, 1.82) is 0 Å². The number of hydrogen-bond donors (Lipinski definition) is 1. The summed E-state index contributed by atoms with van der Waals surface area (Å²) >= 11 is 0. The van der Waals surface area contributed by atoms with E-state index in [0.717, 1.165) is 12.0 Å². The van der Waals surface area contributed by atoms with Gasteiger partial charge in [0, 0.05) is 13.1 Å². The van der Waals surface area contributed by atoms with Crippen LogP contribution in [0.25, 0.3) is 0 Å². The Kier molecular flexibility index (Phi) is 7.64. The topological polar surface area (TPSA) is 84.9 Å². The number of nitrogens with one attached hydrogen (secondary N) is 1. The van der Waals surface area contributed by atoms with E-state index < -0.39 is 12.0 Å². The monoisotopic (exact) mass is 376 g/mol. The lowest BCUT2D eigenvalue weighted by molar-refractivity contribution is -0.155.